The molecule has 0 saturated heterocycles. The molecule has 0 aliphatic rings. The van der Waals surface area contributed by atoms with E-state index in [1.54, 1.807) is 19.0 Å². The van der Waals surface area contributed by atoms with Gasteiger partial charge in [0.1, 0.15) is 6.54 Å². The molecular weight excluding hydrogens is 296 g/mol. The van der Waals surface area contributed by atoms with E-state index in [1.807, 2.05) is 24.8 Å². The van der Waals surface area contributed by atoms with E-state index in [1.165, 1.54) is 4.90 Å². The highest BCUT2D eigenvalue weighted by Gasteiger charge is 2.03. The average molecular weight is 322 g/mol. The number of nitrogens with zero attached hydrogens (tertiary/aromatic N) is 2. The summed E-state index contributed by atoms with van der Waals surface area (Å²) >= 11 is 1.85. The third kappa shape index (κ3) is 7.93. The van der Waals surface area contributed by atoms with Crippen LogP contribution in [0.1, 0.15) is 13.3 Å². The van der Waals surface area contributed by atoms with Crippen molar-refractivity contribution >= 4 is 23.6 Å². The first kappa shape index (κ1) is 18.4. The minimum absolute atomic E-state index is 0.00293. The minimum atomic E-state index is -0.00293. The molecule has 1 aromatic rings. The van der Waals surface area contributed by atoms with Crippen LogP contribution in [0.3, 0.4) is 0 Å². The number of carbonyl (C=O) groups excluding carboxylic acids is 1. The van der Waals surface area contributed by atoms with Gasteiger partial charge in [0, 0.05) is 32.1 Å². The number of amides is 1. The van der Waals surface area contributed by atoms with E-state index >= 15 is 0 Å². The highest BCUT2D eigenvalue weighted by molar-refractivity contribution is 7.99. The molecule has 1 aromatic carbocycles. The molecule has 0 aromatic heterocycles. The van der Waals surface area contributed by atoms with Crippen molar-refractivity contribution in [2.24, 2.45) is 4.99 Å². The number of nitrogens with one attached hydrogen (secondary N) is 2. The zero-order valence-electron chi connectivity index (χ0n) is 13.6. The van der Waals surface area contributed by atoms with Crippen molar-refractivity contribution in [3.05, 3.63) is 30.3 Å². The van der Waals surface area contributed by atoms with Crippen LogP contribution < -0.4 is 10.6 Å². The van der Waals surface area contributed by atoms with E-state index in [0.29, 0.717) is 5.96 Å². The monoisotopic (exact) mass is 322 g/mol. The van der Waals surface area contributed by atoms with Crippen molar-refractivity contribution in [3.63, 3.8) is 0 Å². The fourth-order valence-corrected chi connectivity index (χ4v) is 2.49. The quantitative estimate of drug-likeness (QED) is 0.332. The Morgan fingerprint density at radius 2 is 1.95 bits per heavy atom. The molecule has 122 valence electrons. The summed E-state index contributed by atoms with van der Waals surface area (Å²) in [6.07, 6.45) is 1.03. The van der Waals surface area contributed by atoms with E-state index in [0.717, 1.165) is 25.3 Å². The molecule has 0 radical (unpaired) electrons. The third-order valence-corrected chi connectivity index (χ3v) is 3.94. The molecule has 0 aliphatic carbocycles. The zero-order valence-corrected chi connectivity index (χ0v) is 14.4. The van der Waals surface area contributed by atoms with Crippen LogP contribution in [0, 0.1) is 0 Å². The number of aliphatic imine (C=N–C) groups is 1. The Hall–Kier alpha value is -1.69. The molecule has 0 bridgehead atoms. The van der Waals surface area contributed by atoms with Crippen LogP contribution in [-0.4, -0.2) is 56.2 Å². The molecule has 1 amide bonds. The van der Waals surface area contributed by atoms with Gasteiger partial charge in [0.05, 0.1) is 0 Å². The summed E-state index contributed by atoms with van der Waals surface area (Å²) < 4.78 is 0. The Morgan fingerprint density at radius 1 is 1.23 bits per heavy atom. The number of hydrogen-bond acceptors (Lipinski definition) is 3. The third-order valence-electron chi connectivity index (χ3n) is 2.84. The Morgan fingerprint density at radius 3 is 2.59 bits per heavy atom. The molecule has 2 N–H and O–H groups in total. The van der Waals surface area contributed by atoms with Crippen molar-refractivity contribution in [1.82, 2.24) is 15.5 Å². The zero-order chi connectivity index (χ0) is 16.2. The summed E-state index contributed by atoms with van der Waals surface area (Å²) in [5.74, 6) is 1.74. The maximum atomic E-state index is 11.5. The van der Waals surface area contributed by atoms with Gasteiger partial charge in [-0.25, -0.2) is 4.99 Å². The summed E-state index contributed by atoms with van der Waals surface area (Å²) in [7, 11) is 3.47. The largest absolute Gasteiger partial charge is 0.357 e. The van der Waals surface area contributed by atoms with Crippen molar-refractivity contribution < 1.29 is 4.79 Å². The number of thioether (sulfide) groups is 1. The van der Waals surface area contributed by atoms with Gasteiger partial charge in [-0.1, -0.05) is 18.2 Å². The highest BCUT2D eigenvalue weighted by Crippen LogP contribution is 2.17. The second-order valence-electron chi connectivity index (χ2n) is 4.93. The van der Waals surface area contributed by atoms with Gasteiger partial charge in [0.2, 0.25) is 5.91 Å². The number of benzene rings is 1. The lowest BCUT2D eigenvalue weighted by Gasteiger charge is -2.12. The predicted octanol–water partition coefficient (Wildman–Crippen LogP) is 1.81. The summed E-state index contributed by atoms with van der Waals surface area (Å²) in [5.41, 5.74) is 0. The van der Waals surface area contributed by atoms with Gasteiger partial charge < -0.3 is 15.5 Å². The Balaban J connectivity index is 2.26. The van der Waals surface area contributed by atoms with Crippen LogP contribution in [0.15, 0.2) is 40.2 Å². The maximum absolute atomic E-state index is 11.5. The van der Waals surface area contributed by atoms with Gasteiger partial charge >= 0.3 is 0 Å². The smallest absolute Gasteiger partial charge is 0.243 e. The normalized spacial score (nSPS) is 11.1. The molecule has 1 rings (SSSR count). The molecule has 22 heavy (non-hydrogen) atoms. The highest BCUT2D eigenvalue weighted by atomic mass is 32.2. The van der Waals surface area contributed by atoms with E-state index in [4.69, 9.17) is 0 Å². The number of rotatable bonds is 8. The lowest BCUT2D eigenvalue weighted by Crippen LogP contribution is -2.39. The van der Waals surface area contributed by atoms with Crippen LogP contribution in [-0.2, 0) is 4.79 Å². The van der Waals surface area contributed by atoms with Crippen molar-refractivity contribution in [3.8, 4) is 0 Å². The molecule has 0 saturated carbocycles. The molecule has 6 heteroatoms. The lowest BCUT2D eigenvalue weighted by atomic mass is 10.4. The molecule has 0 atom stereocenters. The van der Waals surface area contributed by atoms with E-state index in [2.05, 4.69) is 39.9 Å². The van der Waals surface area contributed by atoms with E-state index in [-0.39, 0.29) is 12.5 Å². The van der Waals surface area contributed by atoms with Crippen LogP contribution in [0.4, 0.5) is 0 Å². The SMILES string of the molecule is CCNC(=NCC(=O)N(C)C)NCCCSc1ccccc1. The molecule has 0 unspecified atom stereocenters. The molecular formula is C16H26N4OS. The van der Waals surface area contributed by atoms with Gasteiger partial charge in [0.25, 0.3) is 0 Å². The average Bonchev–Trinajstić information content (AvgIpc) is 2.52. The fraction of sp³-hybridized carbons (Fsp3) is 0.500. The Labute approximate surface area is 137 Å². The minimum Gasteiger partial charge on any atom is -0.357 e. The summed E-state index contributed by atoms with van der Waals surface area (Å²) in [4.78, 5) is 18.7. The molecule has 0 aliphatic heterocycles. The molecule has 5 nitrogen and oxygen atoms in total. The van der Waals surface area contributed by atoms with Crippen LogP contribution >= 0.6 is 11.8 Å². The summed E-state index contributed by atoms with van der Waals surface area (Å²) in [5, 5.41) is 6.40. The van der Waals surface area contributed by atoms with E-state index in [9.17, 15) is 4.79 Å². The number of hydrogen-bond donors (Lipinski definition) is 2. The van der Waals surface area contributed by atoms with Gasteiger partial charge in [0.15, 0.2) is 5.96 Å². The second-order valence-corrected chi connectivity index (χ2v) is 6.09. The van der Waals surface area contributed by atoms with Crippen molar-refractivity contribution in [2.75, 3.05) is 39.5 Å². The lowest BCUT2D eigenvalue weighted by molar-refractivity contribution is -0.127. The first-order valence-electron chi connectivity index (χ1n) is 7.53. The maximum Gasteiger partial charge on any atom is 0.243 e. The second kappa shape index (κ2) is 11.0. The van der Waals surface area contributed by atoms with Crippen LogP contribution in [0.25, 0.3) is 0 Å². The standard InChI is InChI=1S/C16H26N4OS/c1-4-17-16(19-13-15(21)20(2)3)18-11-8-12-22-14-9-6-5-7-10-14/h5-7,9-10H,4,8,11-13H2,1-3H3,(H2,17,18,19). The van der Waals surface area contributed by atoms with Gasteiger partial charge in [-0.05, 0) is 31.2 Å². The summed E-state index contributed by atoms with van der Waals surface area (Å²) in [6.45, 7) is 3.79. The van der Waals surface area contributed by atoms with Gasteiger partial charge in [-0.15, -0.1) is 11.8 Å². The number of carbonyl (C=O) groups is 1. The topological polar surface area (TPSA) is 56.7 Å². The summed E-state index contributed by atoms with van der Waals surface area (Å²) in [6, 6.07) is 10.4. The molecule has 0 spiro atoms. The first-order chi connectivity index (χ1) is 10.6. The first-order valence-corrected chi connectivity index (χ1v) is 8.52. The van der Waals surface area contributed by atoms with Gasteiger partial charge in [-0.2, -0.15) is 0 Å². The van der Waals surface area contributed by atoms with E-state index < -0.39 is 0 Å². The Kier molecular flexibility index (Phi) is 9.14. The van der Waals surface area contributed by atoms with Crippen molar-refractivity contribution in [1.29, 1.82) is 0 Å². The van der Waals surface area contributed by atoms with Crippen LogP contribution in [0.5, 0.6) is 0 Å². The molecule has 0 heterocycles. The number of likely N-dealkylation sites (N-methyl/N-ethyl adjacent to an activating group) is 1. The fourth-order valence-electron chi connectivity index (χ4n) is 1.62. The Bertz CT molecular complexity index is 462. The van der Waals surface area contributed by atoms with Crippen molar-refractivity contribution in [2.45, 2.75) is 18.2 Å². The molecule has 0 fully saturated rings. The van der Waals surface area contributed by atoms with Gasteiger partial charge in [-0.3, -0.25) is 4.79 Å². The van der Waals surface area contributed by atoms with Crippen LogP contribution in [0.2, 0.25) is 0 Å². The predicted molar refractivity (Wildman–Crippen MR) is 94.5 cm³/mol. The number of guanidine groups is 1.